The molecule has 2 atom stereocenters. The Bertz CT molecular complexity index is 269. The average Bonchev–Trinajstić information content (AvgIpc) is 2.24. The first kappa shape index (κ1) is 19.2. The molecule has 19 heavy (non-hydrogen) atoms. The highest BCUT2D eigenvalue weighted by Gasteiger charge is 2.42. The van der Waals surface area contributed by atoms with Gasteiger partial charge in [-0.3, -0.25) is 4.52 Å². The summed E-state index contributed by atoms with van der Waals surface area (Å²) in [5.41, 5.74) is 0. The monoisotopic (exact) mass is 320 g/mol. The molecule has 0 bridgehead atoms. The number of ether oxygens (including phenoxy) is 1. The number of rotatable bonds is 11. The van der Waals surface area contributed by atoms with E-state index in [2.05, 4.69) is 9.05 Å². The van der Waals surface area contributed by atoms with Crippen LogP contribution in [0.2, 0.25) is 0 Å². The molecule has 0 heterocycles. The molecule has 0 aromatic carbocycles. The van der Waals surface area contributed by atoms with Gasteiger partial charge in [0.1, 0.15) is 0 Å². The van der Waals surface area contributed by atoms with Gasteiger partial charge in [0.05, 0.1) is 0 Å². The molecule has 11 heteroatoms. The number of nitrogens with zero attached hydrogens (tertiary/aromatic N) is 1. The van der Waals surface area contributed by atoms with Crippen LogP contribution >= 0.6 is 16.9 Å². The molecule has 0 fully saturated rings. The van der Waals surface area contributed by atoms with Crippen LogP contribution in [0.1, 0.15) is 12.8 Å². The minimum absolute atomic E-state index is 0.224. The summed E-state index contributed by atoms with van der Waals surface area (Å²) in [4.78, 5) is 27.8. The van der Waals surface area contributed by atoms with Crippen molar-refractivity contribution in [3.63, 3.8) is 0 Å². The van der Waals surface area contributed by atoms with Gasteiger partial charge in [0.15, 0.2) is 0 Å². The minimum atomic E-state index is -3.14. The molecule has 0 aliphatic rings. The van der Waals surface area contributed by atoms with E-state index < -0.39 is 22.8 Å². The molecule has 0 saturated carbocycles. The van der Waals surface area contributed by atoms with Crippen molar-refractivity contribution < 1.29 is 38.1 Å². The topological polar surface area (TPSA) is 129 Å². The van der Waals surface area contributed by atoms with Crippen molar-refractivity contribution in [1.29, 1.82) is 0 Å². The summed E-state index contributed by atoms with van der Waals surface area (Å²) in [6.07, 6.45) is 0.548. The van der Waals surface area contributed by atoms with E-state index in [4.69, 9.17) is 19.4 Å². The van der Waals surface area contributed by atoms with E-state index >= 15 is 0 Å². The summed E-state index contributed by atoms with van der Waals surface area (Å²) < 4.78 is 24.0. The van der Waals surface area contributed by atoms with Crippen LogP contribution in [0.5, 0.6) is 0 Å². The normalized spacial score (nSPS) is 15.9. The molecular weight excluding hydrogens is 300 g/mol. The second-order valence-corrected chi connectivity index (χ2v) is 5.13. The number of aliphatic hydroxyl groups is 1. The van der Waals surface area contributed by atoms with Gasteiger partial charge in [0, 0.05) is 37.8 Å². The van der Waals surface area contributed by atoms with Crippen LogP contribution in [-0.2, 0) is 18.3 Å². The fraction of sp³-hybridized carbons (Fsp3) is 1.00. The first-order valence-electron chi connectivity index (χ1n) is 5.41. The van der Waals surface area contributed by atoms with Gasteiger partial charge in [-0.1, -0.05) is 4.52 Å². The van der Waals surface area contributed by atoms with E-state index in [1.807, 2.05) is 0 Å². The molecule has 4 N–H and O–H groups in total. The maximum Gasteiger partial charge on any atom is 0.700 e. The second-order valence-electron chi connectivity index (χ2n) is 3.79. The van der Waals surface area contributed by atoms with Gasteiger partial charge >= 0.3 is 22.8 Å². The zero-order chi connectivity index (χ0) is 14.9. The Balaban J connectivity index is 4.21. The Morgan fingerprint density at radius 3 is 2.47 bits per heavy atom. The third kappa shape index (κ3) is 10.6. The van der Waals surface area contributed by atoms with E-state index in [9.17, 15) is 9.67 Å². The molecule has 0 amide bonds. The minimum Gasteiger partial charge on any atom is -0.385 e. The van der Waals surface area contributed by atoms with Gasteiger partial charge in [-0.25, -0.2) is 0 Å². The SMILES string of the molecule is COCCCN(C)CCC(O)(OP(O)O)O[P+](=O)O. The molecule has 2 unspecified atom stereocenters. The highest BCUT2D eigenvalue weighted by Crippen LogP contribution is 2.38. The molecule has 0 aromatic heterocycles. The lowest BCUT2D eigenvalue weighted by Crippen LogP contribution is -2.36. The highest BCUT2D eigenvalue weighted by molar-refractivity contribution is 7.39. The second kappa shape index (κ2) is 10.0. The number of hydrogen-bond acceptors (Lipinski definition) is 8. The van der Waals surface area contributed by atoms with Crippen molar-refractivity contribution in [1.82, 2.24) is 4.90 Å². The lowest BCUT2D eigenvalue weighted by atomic mass is 10.3. The molecule has 0 aliphatic carbocycles. The standard InChI is InChI=1S/C8H19NO8P2/c1-9(5-3-7-15-2)6-4-8(10,16-18(11)12)17-19(13)14/h10-12H,3-7H2,1-2H3/p+1. The van der Waals surface area contributed by atoms with Crippen molar-refractivity contribution in [3.05, 3.63) is 0 Å². The zero-order valence-corrected chi connectivity index (χ0v) is 12.6. The molecule has 0 rings (SSSR count). The summed E-state index contributed by atoms with van der Waals surface area (Å²) in [5, 5.41) is 9.73. The lowest BCUT2D eigenvalue weighted by Gasteiger charge is -2.24. The fourth-order valence-electron chi connectivity index (χ4n) is 1.28. The first-order chi connectivity index (χ1) is 8.79. The van der Waals surface area contributed by atoms with Gasteiger partial charge in [-0.05, 0) is 13.5 Å². The molecule has 0 spiro atoms. The maximum absolute atomic E-state index is 10.6. The lowest BCUT2D eigenvalue weighted by molar-refractivity contribution is -0.280. The van der Waals surface area contributed by atoms with Crippen molar-refractivity contribution in [2.45, 2.75) is 18.8 Å². The van der Waals surface area contributed by atoms with Crippen LogP contribution in [-0.4, -0.2) is 64.5 Å². The summed E-state index contributed by atoms with van der Waals surface area (Å²) in [6.45, 7) is 1.51. The highest BCUT2D eigenvalue weighted by atomic mass is 31.2. The zero-order valence-electron chi connectivity index (χ0n) is 10.8. The van der Waals surface area contributed by atoms with Gasteiger partial charge in [0.2, 0.25) is 0 Å². The van der Waals surface area contributed by atoms with Gasteiger partial charge in [0.25, 0.3) is 0 Å². The van der Waals surface area contributed by atoms with E-state index in [0.717, 1.165) is 6.42 Å². The summed E-state index contributed by atoms with van der Waals surface area (Å²) in [6, 6.07) is 0. The van der Waals surface area contributed by atoms with Crippen molar-refractivity contribution in [2.75, 3.05) is 33.9 Å². The molecular formula is C8H20NO8P2+. The summed E-state index contributed by atoms with van der Waals surface area (Å²) in [5.74, 6) is -2.51. The molecule has 0 saturated heterocycles. The number of hydrogen-bond donors (Lipinski definition) is 4. The largest absolute Gasteiger partial charge is 0.700 e. The molecule has 0 radical (unpaired) electrons. The Kier molecular flexibility index (Phi) is 10.1. The van der Waals surface area contributed by atoms with E-state index in [1.165, 1.54) is 0 Å². The smallest absolute Gasteiger partial charge is 0.385 e. The van der Waals surface area contributed by atoms with Gasteiger partial charge in [-0.15, -0.1) is 4.89 Å². The third-order valence-electron chi connectivity index (χ3n) is 2.14. The van der Waals surface area contributed by atoms with E-state index in [1.54, 1.807) is 19.1 Å². The third-order valence-corrected chi connectivity index (χ3v) is 3.03. The van der Waals surface area contributed by atoms with Crippen LogP contribution in [0, 0.1) is 0 Å². The van der Waals surface area contributed by atoms with Crippen LogP contribution in [0.4, 0.5) is 0 Å². The summed E-state index contributed by atoms with van der Waals surface area (Å²) in [7, 11) is -2.71. The van der Waals surface area contributed by atoms with Crippen LogP contribution in [0.25, 0.3) is 0 Å². The van der Waals surface area contributed by atoms with E-state index in [-0.39, 0.29) is 13.0 Å². The fourth-order valence-corrected chi connectivity index (χ4v) is 2.10. The van der Waals surface area contributed by atoms with Gasteiger partial charge in [-0.2, -0.15) is 0 Å². The summed E-state index contributed by atoms with van der Waals surface area (Å²) >= 11 is 0. The Morgan fingerprint density at radius 2 is 2.00 bits per heavy atom. The Labute approximate surface area is 113 Å². The van der Waals surface area contributed by atoms with Crippen LogP contribution < -0.4 is 0 Å². The number of methoxy groups -OCH3 is 1. The molecule has 0 aliphatic heterocycles. The van der Waals surface area contributed by atoms with Gasteiger partial charge < -0.3 is 24.5 Å². The van der Waals surface area contributed by atoms with Crippen molar-refractivity contribution in [3.8, 4) is 0 Å². The Hall–Kier alpha value is 0.210. The van der Waals surface area contributed by atoms with Crippen LogP contribution in [0.3, 0.4) is 0 Å². The van der Waals surface area contributed by atoms with Crippen LogP contribution in [0.15, 0.2) is 0 Å². The van der Waals surface area contributed by atoms with Crippen molar-refractivity contribution in [2.24, 2.45) is 0 Å². The molecule has 9 nitrogen and oxygen atoms in total. The maximum atomic E-state index is 10.6. The Morgan fingerprint density at radius 1 is 1.37 bits per heavy atom. The average molecular weight is 320 g/mol. The first-order valence-corrected chi connectivity index (χ1v) is 7.71. The predicted molar refractivity (Wildman–Crippen MR) is 66.9 cm³/mol. The van der Waals surface area contributed by atoms with E-state index in [0.29, 0.717) is 13.2 Å². The van der Waals surface area contributed by atoms with Crippen molar-refractivity contribution >= 4 is 16.9 Å². The quantitative estimate of drug-likeness (QED) is 0.234. The predicted octanol–water partition coefficient (Wildman–Crippen LogP) is -0.115. The molecule has 114 valence electrons. The molecule has 0 aromatic rings.